The Hall–Kier alpha value is -2.01. The van der Waals surface area contributed by atoms with Crippen LogP contribution in [0.25, 0.3) is 0 Å². The molecule has 0 atom stereocenters. The summed E-state index contributed by atoms with van der Waals surface area (Å²) in [4.78, 5) is 12.2. The molecule has 0 unspecified atom stereocenters. The van der Waals surface area contributed by atoms with Gasteiger partial charge in [-0.05, 0) is 63.4 Å². The lowest BCUT2D eigenvalue weighted by atomic mass is 9.96. The highest BCUT2D eigenvalue weighted by Crippen LogP contribution is 2.31. The van der Waals surface area contributed by atoms with E-state index >= 15 is 0 Å². The van der Waals surface area contributed by atoms with Gasteiger partial charge in [0.15, 0.2) is 0 Å². The van der Waals surface area contributed by atoms with Gasteiger partial charge in [-0.2, -0.15) is 0 Å². The van der Waals surface area contributed by atoms with E-state index in [1.807, 2.05) is 12.1 Å². The third kappa shape index (κ3) is 3.52. The van der Waals surface area contributed by atoms with E-state index in [1.54, 1.807) is 0 Å². The smallest absolute Gasteiger partial charge is 0.136 e. The van der Waals surface area contributed by atoms with Crippen LogP contribution in [0.1, 0.15) is 47.8 Å². The van der Waals surface area contributed by atoms with Crippen LogP contribution >= 0.6 is 0 Å². The highest BCUT2D eigenvalue weighted by Gasteiger charge is 2.25. The molecule has 1 aromatic carbocycles. The number of hydrogen-bond donors (Lipinski definition) is 1. The molecule has 3 heterocycles. The Morgan fingerprint density at radius 2 is 1.92 bits per heavy atom. The average molecular weight is 340 g/mol. The minimum absolute atomic E-state index is 0.186. The first-order valence-electron chi connectivity index (χ1n) is 9.28. The summed E-state index contributed by atoms with van der Waals surface area (Å²) in [5, 5.41) is 3.41. The summed E-state index contributed by atoms with van der Waals surface area (Å²) >= 11 is 0. The number of nitrogens with one attached hydrogen (secondary N) is 1. The van der Waals surface area contributed by atoms with Gasteiger partial charge < -0.3 is 10.2 Å². The zero-order chi connectivity index (χ0) is 17.2. The molecular formula is C20H25FN4. The van der Waals surface area contributed by atoms with Crippen molar-refractivity contribution in [2.24, 2.45) is 0 Å². The van der Waals surface area contributed by atoms with E-state index in [4.69, 9.17) is 9.97 Å². The molecule has 4 rings (SSSR count). The minimum Gasteiger partial charge on any atom is -0.352 e. The van der Waals surface area contributed by atoms with Crippen LogP contribution in [0, 0.1) is 12.7 Å². The Balaban J connectivity index is 1.64. The van der Waals surface area contributed by atoms with Gasteiger partial charge in [-0.15, -0.1) is 0 Å². The second-order valence-electron chi connectivity index (χ2n) is 7.15. The predicted molar refractivity (Wildman–Crippen MR) is 97.4 cm³/mol. The number of anilines is 1. The SMILES string of the molecule is Cc1nc(C2CCNCC2)nc2c1CCCN2Cc1ccc(F)cc1. The first kappa shape index (κ1) is 16.5. The monoisotopic (exact) mass is 340 g/mol. The van der Waals surface area contributed by atoms with Gasteiger partial charge in [0.1, 0.15) is 17.5 Å². The summed E-state index contributed by atoms with van der Waals surface area (Å²) in [5.41, 5.74) is 3.53. The number of rotatable bonds is 3. The second kappa shape index (κ2) is 7.08. The summed E-state index contributed by atoms with van der Waals surface area (Å²) in [6.45, 7) is 5.97. The van der Waals surface area contributed by atoms with Crippen LogP contribution in [0.5, 0.6) is 0 Å². The molecule has 1 aromatic heterocycles. The molecule has 0 radical (unpaired) electrons. The van der Waals surface area contributed by atoms with Crippen LogP contribution in [0.3, 0.4) is 0 Å². The zero-order valence-electron chi connectivity index (χ0n) is 14.8. The van der Waals surface area contributed by atoms with Gasteiger partial charge in [-0.25, -0.2) is 14.4 Å². The molecular weight excluding hydrogens is 315 g/mol. The van der Waals surface area contributed by atoms with Crippen LogP contribution in [-0.2, 0) is 13.0 Å². The molecule has 2 aliphatic heterocycles. The molecule has 0 bridgehead atoms. The van der Waals surface area contributed by atoms with E-state index in [0.717, 1.165) is 74.8 Å². The van der Waals surface area contributed by atoms with E-state index in [9.17, 15) is 4.39 Å². The maximum atomic E-state index is 13.2. The van der Waals surface area contributed by atoms with E-state index in [1.165, 1.54) is 17.7 Å². The van der Waals surface area contributed by atoms with Crippen molar-refractivity contribution < 1.29 is 4.39 Å². The van der Waals surface area contributed by atoms with E-state index in [2.05, 4.69) is 17.1 Å². The zero-order valence-corrected chi connectivity index (χ0v) is 14.8. The number of hydrogen-bond acceptors (Lipinski definition) is 4. The van der Waals surface area contributed by atoms with Gasteiger partial charge >= 0.3 is 0 Å². The van der Waals surface area contributed by atoms with Gasteiger partial charge in [0, 0.05) is 30.3 Å². The molecule has 1 saturated heterocycles. The molecule has 4 nitrogen and oxygen atoms in total. The van der Waals surface area contributed by atoms with Crippen LogP contribution in [-0.4, -0.2) is 29.6 Å². The first-order valence-corrected chi connectivity index (χ1v) is 9.28. The lowest BCUT2D eigenvalue weighted by Crippen LogP contribution is -2.32. The summed E-state index contributed by atoms with van der Waals surface area (Å²) in [5.74, 6) is 2.37. The Bertz CT molecular complexity index is 738. The maximum absolute atomic E-state index is 13.2. The molecule has 5 heteroatoms. The third-order valence-electron chi connectivity index (χ3n) is 5.35. The highest BCUT2D eigenvalue weighted by atomic mass is 19.1. The minimum atomic E-state index is -0.186. The predicted octanol–water partition coefficient (Wildman–Crippen LogP) is 3.34. The lowest BCUT2D eigenvalue weighted by molar-refractivity contribution is 0.443. The van der Waals surface area contributed by atoms with Crippen molar-refractivity contribution in [1.82, 2.24) is 15.3 Å². The maximum Gasteiger partial charge on any atom is 0.136 e. The van der Waals surface area contributed by atoms with Crippen molar-refractivity contribution >= 4 is 5.82 Å². The number of aryl methyl sites for hydroxylation is 1. The lowest BCUT2D eigenvalue weighted by Gasteiger charge is -2.32. The van der Waals surface area contributed by atoms with Gasteiger partial charge in [0.05, 0.1) is 0 Å². The highest BCUT2D eigenvalue weighted by molar-refractivity contribution is 5.52. The fourth-order valence-electron chi connectivity index (χ4n) is 3.94. The van der Waals surface area contributed by atoms with Gasteiger partial charge in [0.25, 0.3) is 0 Å². The first-order chi connectivity index (χ1) is 12.2. The second-order valence-corrected chi connectivity index (χ2v) is 7.15. The summed E-state index contributed by atoms with van der Waals surface area (Å²) in [6.07, 6.45) is 4.38. The molecule has 0 aliphatic carbocycles. The molecule has 1 N–H and O–H groups in total. The number of aromatic nitrogens is 2. The largest absolute Gasteiger partial charge is 0.352 e. The van der Waals surface area contributed by atoms with Crippen molar-refractivity contribution in [3.05, 3.63) is 52.7 Å². The van der Waals surface area contributed by atoms with Gasteiger partial charge in [0.2, 0.25) is 0 Å². The average Bonchev–Trinajstić information content (AvgIpc) is 2.65. The van der Waals surface area contributed by atoms with Crippen LogP contribution in [0.15, 0.2) is 24.3 Å². The molecule has 0 amide bonds. The number of halogens is 1. The van der Waals surface area contributed by atoms with Crippen molar-refractivity contribution in [1.29, 1.82) is 0 Å². The molecule has 25 heavy (non-hydrogen) atoms. The molecule has 0 spiro atoms. The van der Waals surface area contributed by atoms with Gasteiger partial charge in [-0.3, -0.25) is 0 Å². The van der Waals surface area contributed by atoms with Crippen molar-refractivity contribution in [3.63, 3.8) is 0 Å². The number of nitrogens with zero attached hydrogens (tertiary/aromatic N) is 3. The molecule has 2 aromatic rings. The topological polar surface area (TPSA) is 41.1 Å². The fourth-order valence-corrected chi connectivity index (χ4v) is 3.94. The van der Waals surface area contributed by atoms with Crippen LogP contribution in [0.2, 0.25) is 0 Å². The number of fused-ring (bicyclic) bond motifs is 1. The Labute approximate surface area is 148 Å². The number of benzene rings is 1. The van der Waals surface area contributed by atoms with Crippen molar-refractivity contribution in [2.45, 2.75) is 45.1 Å². The quantitative estimate of drug-likeness (QED) is 0.930. The van der Waals surface area contributed by atoms with Crippen molar-refractivity contribution in [2.75, 3.05) is 24.5 Å². The Kier molecular flexibility index (Phi) is 4.66. The number of piperidine rings is 1. The summed E-state index contributed by atoms with van der Waals surface area (Å²) < 4.78 is 13.2. The van der Waals surface area contributed by atoms with Gasteiger partial charge in [-0.1, -0.05) is 12.1 Å². The fraction of sp³-hybridized carbons (Fsp3) is 0.500. The third-order valence-corrected chi connectivity index (χ3v) is 5.35. The Morgan fingerprint density at radius 1 is 1.16 bits per heavy atom. The van der Waals surface area contributed by atoms with E-state index < -0.39 is 0 Å². The molecule has 1 fully saturated rings. The van der Waals surface area contributed by atoms with Crippen LogP contribution in [0.4, 0.5) is 10.2 Å². The van der Waals surface area contributed by atoms with Crippen LogP contribution < -0.4 is 10.2 Å². The normalized spacial score (nSPS) is 18.2. The molecule has 2 aliphatic rings. The summed E-state index contributed by atoms with van der Waals surface area (Å²) in [7, 11) is 0. The van der Waals surface area contributed by atoms with E-state index in [-0.39, 0.29) is 5.82 Å². The van der Waals surface area contributed by atoms with Crippen molar-refractivity contribution in [3.8, 4) is 0 Å². The molecule has 132 valence electrons. The Morgan fingerprint density at radius 3 is 2.68 bits per heavy atom. The molecule has 0 saturated carbocycles. The van der Waals surface area contributed by atoms with E-state index in [0.29, 0.717) is 5.92 Å². The summed E-state index contributed by atoms with van der Waals surface area (Å²) in [6, 6.07) is 6.80. The standard InChI is InChI=1S/C20H25FN4/c1-14-18-3-2-12-25(13-15-4-6-17(21)7-5-15)20(18)24-19(23-14)16-8-10-22-11-9-16/h4-7,16,22H,2-3,8-13H2,1H3.